The van der Waals surface area contributed by atoms with Gasteiger partial charge in [0, 0.05) is 11.6 Å². The molecule has 2 aromatic rings. The first-order chi connectivity index (χ1) is 11.0. The summed E-state index contributed by atoms with van der Waals surface area (Å²) in [5.74, 6) is -0.731. The molecule has 0 aromatic heterocycles. The van der Waals surface area contributed by atoms with Gasteiger partial charge in [0.2, 0.25) is 0 Å². The van der Waals surface area contributed by atoms with E-state index in [2.05, 4.69) is 10.9 Å². The Hall–Kier alpha value is -3.09. The topological polar surface area (TPSA) is 76.7 Å². The number of ether oxygens (including phenoxy) is 2. The molecule has 0 bridgehead atoms. The first-order valence-corrected chi connectivity index (χ1v) is 6.63. The molecule has 2 N–H and O–H groups in total. The summed E-state index contributed by atoms with van der Waals surface area (Å²) in [6.45, 7) is 0. The van der Waals surface area contributed by atoms with E-state index in [-0.39, 0.29) is 11.1 Å². The first-order valence-electron chi connectivity index (χ1n) is 6.63. The van der Waals surface area contributed by atoms with Crippen molar-refractivity contribution in [1.82, 2.24) is 10.9 Å². The molecule has 0 saturated carbocycles. The monoisotopic (exact) mass is 318 g/mol. The van der Waals surface area contributed by atoms with Gasteiger partial charge in [-0.3, -0.25) is 20.4 Å². The number of amides is 2. The van der Waals surface area contributed by atoms with Crippen LogP contribution in [0.5, 0.6) is 11.5 Å². The van der Waals surface area contributed by atoms with Gasteiger partial charge in [-0.15, -0.1) is 0 Å². The van der Waals surface area contributed by atoms with Gasteiger partial charge >= 0.3 is 0 Å². The highest BCUT2D eigenvalue weighted by Gasteiger charge is 2.14. The third kappa shape index (κ3) is 3.97. The smallest absolute Gasteiger partial charge is 0.273 e. The third-order valence-electron chi connectivity index (χ3n) is 3.05. The minimum atomic E-state index is -0.564. The SMILES string of the molecule is COc1ccc(C(=O)NNC(=O)c2ccc(F)cc2)c(OC)c1. The van der Waals surface area contributed by atoms with E-state index in [9.17, 15) is 14.0 Å². The molecule has 0 spiro atoms. The molecule has 0 aliphatic heterocycles. The summed E-state index contributed by atoms with van der Waals surface area (Å²) >= 11 is 0. The van der Waals surface area contributed by atoms with Crippen molar-refractivity contribution in [2.45, 2.75) is 0 Å². The zero-order valence-corrected chi connectivity index (χ0v) is 12.6. The predicted molar refractivity (Wildman–Crippen MR) is 80.9 cm³/mol. The number of carbonyl (C=O) groups excluding carboxylic acids is 2. The Labute approximate surface area is 132 Å². The van der Waals surface area contributed by atoms with E-state index in [4.69, 9.17) is 9.47 Å². The van der Waals surface area contributed by atoms with E-state index in [1.807, 2.05) is 0 Å². The molecule has 0 unspecified atom stereocenters. The number of hydrogen-bond acceptors (Lipinski definition) is 4. The number of carbonyl (C=O) groups is 2. The minimum Gasteiger partial charge on any atom is -0.497 e. The molecular formula is C16H15FN2O4. The lowest BCUT2D eigenvalue weighted by Crippen LogP contribution is -2.41. The van der Waals surface area contributed by atoms with Gasteiger partial charge in [-0.05, 0) is 36.4 Å². The molecule has 6 nitrogen and oxygen atoms in total. The Kier molecular flexibility index (Phi) is 5.14. The molecule has 0 aliphatic carbocycles. The molecule has 0 fully saturated rings. The minimum absolute atomic E-state index is 0.216. The lowest BCUT2D eigenvalue weighted by atomic mass is 10.2. The van der Waals surface area contributed by atoms with Crippen LogP contribution in [-0.2, 0) is 0 Å². The maximum absolute atomic E-state index is 12.8. The molecular weight excluding hydrogens is 303 g/mol. The van der Waals surface area contributed by atoms with Gasteiger partial charge < -0.3 is 9.47 Å². The number of halogens is 1. The van der Waals surface area contributed by atoms with Crippen LogP contribution in [0.3, 0.4) is 0 Å². The van der Waals surface area contributed by atoms with Crippen molar-refractivity contribution in [3.05, 3.63) is 59.4 Å². The van der Waals surface area contributed by atoms with Gasteiger partial charge in [-0.1, -0.05) is 0 Å². The van der Waals surface area contributed by atoms with Crippen molar-refractivity contribution in [3.63, 3.8) is 0 Å². The van der Waals surface area contributed by atoms with Crippen LogP contribution in [-0.4, -0.2) is 26.0 Å². The zero-order valence-electron chi connectivity index (χ0n) is 12.6. The number of hydrazine groups is 1. The van der Waals surface area contributed by atoms with Gasteiger partial charge in [0.1, 0.15) is 17.3 Å². The van der Waals surface area contributed by atoms with Crippen LogP contribution in [0.1, 0.15) is 20.7 Å². The number of nitrogens with one attached hydrogen (secondary N) is 2. The second-order valence-corrected chi connectivity index (χ2v) is 4.48. The van der Waals surface area contributed by atoms with E-state index in [1.165, 1.54) is 32.4 Å². The summed E-state index contributed by atoms with van der Waals surface area (Å²) in [7, 11) is 2.92. The van der Waals surface area contributed by atoms with Crippen LogP contribution >= 0.6 is 0 Å². The number of methoxy groups -OCH3 is 2. The number of rotatable bonds is 4. The fourth-order valence-corrected chi connectivity index (χ4v) is 1.84. The van der Waals surface area contributed by atoms with Crippen molar-refractivity contribution in [1.29, 1.82) is 0 Å². The van der Waals surface area contributed by atoms with E-state index in [1.54, 1.807) is 12.1 Å². The van der Waals surface area contributed by atoms with Crippen LogP contribution in [0, 0.1) is 5.82 Å². The Morgan fingerprint density at radius 2 is 1.57 bits per heavy atom. The van der Waals surface area contributed by atoms with E-state index in [0.29, 0.717) is 11.5 Å². The fourth-order valence-electron chi connectivity index (χ4n) is 1.84. The van der Waals surface area contributed by atoms with Crippen LogP contribution in [0.25, 0.3) is 0 Å². The zero-order chi connectivity index (χ0) is 16.8. The van der Waals surface area contributed by atoms with Gasteiger partial charge in [0.05, 0.1) is 19.8 Å². The van der Waals surface area contributed by atoms with Gasteiger partial charge in [0.25, 0.3) is 11.8 Å². The van der Waals surface area contributed by atoms with Crippen molar-refractivity contribution in [2.24, 2.45) is 0 Å². The van der Waals surface area contributed by atoms with Crippen molar-refractivity contribution in [2.75, 3.05) is 14.2 Å². The lowest BCUT2D eigenvalue weighted by molar-refractivity contribution is 0.0845. The molecule has 0 radical (unpaired) electrons. The Morgan fingerprint density at radius 1 is 0.913 bits per heavy atom. The van der Waals surface area contributed by atoms with E-state index in [0.717, 1.165) is 12.1 Å². The first kappa shape index (κ1) is 16.3. The molecule has 2 rings (SSSR count). The molecule has 0 aliphatic rings. The molecule has 0 atom stereocenters. The third-order valence-corrected chi connectivity index (χ3v) is 3.05. The van der Waals surface area contributed by atoms with Gasteiger partial charge in [-0.25, -0.2) is 4.39 Å². The average Bonchev–Trinajstić information content (AvgIpc) is 2.59. The molecule has 7 heteroatoms. The molecule has 23 heavy (non-hydrogen) atoms. The van der Waals surface area contributed by atoms with E-state index < -0.39 is 17.6 Å². The highest BCUT2D eigenvalue weighted by molar-refractivity contribution is 6.00. The highest BCUT2D eigenvalue weighted by atomic mass is 19.1. The van der Waals surface area contributed by atoms with Crippen molar-refractivity contribution >= 4 is 11.8 Å². The Balaban J connectivity index is 2.04. The number of hydrogen-bond donors (Lipinski definition) is 2. The van der Waals surface area contributed by atoms with Crippen LogP contribution in [0.4, 0.5) is 4.39 Å². The highest BCUT2D eigenvalue weighted by Crippen LogP contribution is 2.24. The van der Waals surface area contributed by atoms with Crippen LogP contribution in [0.2, 0.25) is 0 Å². The largest absolute Gasteiger partial charge is 0.497 e. The molecule has 120 valence electrons. The maximum Gasteiger partial charge on any atom is 0.273 e. The molecule has 2 aromatic carbocycles. The second kappa shape index (κ2) is 7.26. The fraction of sp³-hybridized carbons (Fsp3) is 0.125. The average molecular weight is 318 g/mol. The van der Waals surface area contributed by atoms with Crippen molar-refractivity contribution in [3.8, 4) is 11.5 Å². The predicted octanol–water partition coefficient (Wildman–Crippen LogP) is 1.92. The molecule has 0 saturated heterocycles. The molecule has 2 amide bonds. The Bertz CT molecular complexity index is 717. The summed E-state index contributed by atoms with van der Waals surface area (Å²) in [6, 6.07) is 9.59. The summed E-state index contributed by atoms with van der Waals surface area (Å²) in [6.07, 6.45) is 0. The van der Waals surface area contributed by atoms with Crippen molar-refractivity contribution < 1.29 is 23.5 Å². The second-order valence-electron chi connectivity index (χ2n) is 4.48. The quantitative estimate of drug-likeness (QED) is 0.845. The standard InChI is InChI=1S/C16H15FN2O4/c1-22-12-7-8-13(14(9-12)23-2)16(21)19-18-15(20)10-3-5-11(17)6-4-10/h3-9H,1-2H3,(H,18,20)(H,19,21). The normalized spacial score (nSPS) is 9.87. The van der Waals surface area contributed by atoms with Gasteiger partial charge in [-0.2, -0.15) is 0 Å². The van der Waals surface area contributed by atoms with E-state index >= 15 is 0 Å². The summed E-state index contributed by atoms with van der Waals surface area (Å²) in [4.78, 5) is 24.0. The number of benzene rings is 2. The van der Waals surface area contributed by atoms with Gasteiger partial charge in [0.15, 0.2) is 0 Å². The van der Waals surface area contributed by atoms with Crippen LogP contribution < -0.4 is 20.3 Å². The summed E-state index contributed by atoms with van der Waals surface area (Å²) in [5.41, 5.74) is 4.97. The van der Waals surface area contributed by atoms with Crippen LogP contribution in [0.15, 0.2) is 42.5 Å². The Morgan fingerprint density at radius 3 is 2.17 bits per heavy atom. The summed E-state index contributed by atoms with van der Waals surface area (Å²) in [5, 5.41) is 0. The molecule has 0 heterocycles. The summed E-state index contributed by atoms with van der Waals surface area (Å²) < 4.78 is 23.0. The lowest BCUT2D eigenvalue weighted by Gasteiger charge is -2.11. The maximum atomic E-state index is 12.8.